The van der Waals surface area contributed by atoms with Crippen molar-refractivity contribution in [1.82, 2.24) is 0 Å². The van der Waals surface area contributed by atoms with Gasteiger partial charge in [-0.25, -0.2) is 0 Å². The molecule has 1 amide bonds. The van der Waals surface area contributed by atoms with E-state index in [9.17, 15) is 14.7 Å². The van der Waals surface area contributed by atoms with E-state index in [1.807, 2.05) is 57.1 Å². The summed E-state index contributed by atoms with van der Waals surface area (Å²) in [6.07, 6.45) is 0. The molecular formula is C29H30N2O5. The number of hydrogen-bond acceptors (Lipinski definition) is 6. The number of Topliss-reactive ketones (excluding diaryl/α,β-unsaturated/α-hetero) is 1. The molecule has 1 N–H and O–H groups in total. The number of rotatable bonds is 7. The Morgan fingerprint density at radius 1 is 1.00 bits per heavy atom. The average molecular weight is 487 g/mol. The van der Waals surface area contributed by atoms with Crippen LogP contribution >= 0.6 is 0 Å². The van der Waals surface area contributed by atoms with E-state index in [0.717, 1.165) is 11.3 Å². The lowest BCUT2D eigenvalue weighted by atomic mass is 9.93. The molecule has 1 saturated heterocycles. The molecule has 0 spiro atoms. The number of amides is 1. The van der Waals surface area contributed by atoms with Gasteiger partial charge in [0.05, 0.1) is 25.3 Å². The van der Waals surface area contributed by atoms with Gasteiger partial charge in [0.1, 0.15) is 17.3 Å². The molecule has 0 saturated carbocycles. The summed E-state index contributed by atoms with van der Waals surface area (Å²) >= 11 is 0. The van der Waals surface area contributed by atoms with Gasteiger partial charge in [0.25, 0.3) is 11.7 Å². The molecular weight excluding hydrogens is 456 g/mol. The average Bonchev–Trinajstić information content (AvgIpc) is 3.14. The van der Waals surface area contributed by atoms with Gasteiger partial charge in [-0.3, -0.25) is 14.5 Å². The quantitative estimate of drug-likeness (QED) is 0.285. The van der Waals surface area contributed by atoms with Crippen LogP contribution in [0.3, 0.4) is 0 Å². The molecule has 0 aromatic heterocycles. The lowest BCUT2D eigenvalue weighted by molar-refractivity contribution is -0.132. The van der Waals surface area contributed by atoms with Gasteiger partial charge < -0.3 is 19.5 Å². The number of benzene rings is 3. The number of aliphatic hydroxyl groups is 1. The van der Waals surface area contributed by atoms with Gasteiger partial charge in [-0.2, -0.15) is 0 Å². The summed E-state index contributed by atoms with van der Waals surface area (Å²) < 4.78 is 10.9. The molecule has 1 aliphatic rings. The standard InChI is InChI=1S/C29H30N2O5/c1-6-36-23-9-7-8-21(17-23)31-26(19-10-12-20(13-11-19)30(3)4)25(28(33)29(31)34)27(32)24-15-14-22(35-5)16-18(24)2/h7-17,26,32H,6H2,1-5H3/b27-25-. The first-order valence-corrected chi connectivity index (χ1v) is 11.7. The number of aliphatic hydroxyl groups excluding tert-OH is 1. The number of ether oxygens (including phenoxy) is 2. The van der Waals surface area contributed by atoms with Gasteiger partial charge in [-0.05, 0) is 67.4 Å². The molecule has 0 bridgehead atoms. The van der Waals surface area contributed by atoms with E-state index in [1.165, 1.54) is 4.90 Å². The molecule has 7 heteroatoms. The van der Waals surface area contributed by atoms with Gasteiger partial charge in [0.15, 0.2) is 0 Å². The van der Waals surface area contributed by atoms with E-state index >= 15 is 0 Å². The van der Waals surface area contributed by atoms with Crippen molar-refractivity contribution in [2.75, 3.05) is 37.6 Å². The maximum Gasteiger partial charge on any atom is 0.300 e. The molecule has 1 heterocycles. The molecule has 0 aliphatic carbocycles. The van der Waals surface area contributed by atoms with Crippen LogP contribution in [-0.2, 0) is 9.59 Å². The second-order valence-corrected chi connectivity index (χ2v) is 8.77. The number of carbonyl (C=O) groups is 2. The summed E-state index contributed by atoms with van der Waals surface area (Å²) in [5.41, 5.74) is 3.40. The molecule has 186 valence electrons. The highest BCUT2D eigenvalue weighted by Gasteiger charge is 2.47. The van der Waals surface area contributed by atoms with Crippen LogP contribution in [0.25, 0.3) is 5.76 Å². The molecule has 36 heavy (non-hydrogen) atoms. The second kappa shape index (κ2) is 10.2. The van der Waals surface area contributed by atoms with Crippen molar-refractivity contribution in [3.05, 3.63) is 89.0 Å². The van der Waals surface area contributed by atoms with E-state index < -0.39 is 17.7 Å². The van der Waals surface area contributed by atoms with Crippen LogP contribution < -0.4 is 19.3 Å². The fourth-order valence-electron chi connectivity index (χ4n) is 4.43. The van der Waals surface area contributed by atoms with Gasteiger partial charge in [-0.15, -0.1) is 0 Å². The Kier molecular flexibility index (Phi) is 7.01. The Hall–Kier alpha value is -4.26. The van der Waals surface area contributed by atoms with Crippen molar-refractivity contribution in [2.45, 2.75) is 19.9 Å². The van der Waals surface area contributed by atoms with Crippen molar-refractivity contribution in [1.29, 1.82) is 0 Å². The van der Waals surface area contributed by atoms with Crippen molar-refractivity contribution >= 4 is 28.8 Å². The van der Waals surface area contributed by atoms with Crippen LogP contribution in [0.4, 0.5) is 11.4 Å². The van der Waals surface area contributed by atoms with Crippen LogP contribution in [0.1, 0.15) is 29.7 Å². The smallest absolute Gasteiger partial charge is 0.300 e. The Balaban J connectivity index is 1.92. The van der Waals surface area contributed by atoms with E-state index in [0.29, 0.717) is 34.9 Å². The van der Waals surface area contributed by atoms with E-state index in [-0.39, 0.29) is 11.3 Å². The highest BCUT2D eigenvalue weighted by atomic mass is 16.5. The van der Waals surface area contributed by atoms with Gasteiger partial charge in [0, 0.05) is 37.1 Å². The molecule has 1 atom stereocenters. The summed E-state index contributed by atoms with van der Waals surface area (Å²) in [7, 11) is 5.44. The Labute approximate surface area is 211 Å². The van der Waals surface area contributed by atoms with Crippen LogP contribution in [0, 0.1) is 6.92 Å². The SMILES string of the molecule is CCOc1cccc(N2C(=O)C(=O)/C(=C(\O)c3ccc(OC)cc3C)C2c2ccc(N(C)C)cc2)c1. The van der Waals surface area contributed by atoms with Gasteiger partial charge in [-0.1, -0.05) is 18.2 Å². The number of anilines is 2. The zero-order valence-electron chi connectivity index (χ0n) is 21.1. The van der Waals surface area contributed by atoms with Crippen molar-refractivity contribution in [3.63, 3.8) is 0 Å². The molecule has 3 aromatic rings. The summed E-state index contributed by atoms with van der Waals surface area (Å²) in [4.78, 5) is 30.3. The number of ketones is 1. The van der Waals surface area contributed by atoms with Crippen molar-refractivity contribution in [2.24, 2.45) is 0 Å². The minimum absolute atomic E-state index is 0.0349. The highest BCUT2D eigenvalue weighted by Crippen LogP contribution is 2.43. The second-order valence-electron chi connectivity index (χ2n) is 8.77. The summed E-state index contributed by atoms with van der Waals surface area (Å²) in [6, 6.07) is 19.0. The number of hydrogen-bond donors (Lipinski definition) is 1. The number of nitrogens with zero attached hydrogens (tertiary/aromatic N) is 2. The summed E-state index contributed by atoms with van der Waals surface area (Å²) in [5.74, 6) is -0.458. The topological polar surface area (TPSA) is 79.3 Å². The van der Waals surface area contributed by atoms with Crippen molar-refractivity contribution in [3.8, 4) is 11.5 Å². The monoisotopic (exact) mass is 486 g/mol. The fourth-order valence-corrected chi connectivity index (χ4v) is 4.43. The van der Waals surface area contributed by atoms with Crippen LogP contribution in [-0.4, -0.2) is 44.6 Å². The minimum atomic E-state index is -0.820. The zero-order valence-corrected chi connectivity index (χ0v) is 21.1. The molecule has 3 aromatic carbocycles. The fraction of sp³-hybridized carbons (Fsp3) is 0.241. The first kappa shape index (κ1) is 24.9. The lowest BCUT2D eigenvalue weighted by Gasteiger charge is -2.26. The summed E-state index contributed by atoms with van der Waals surface area (Å²) in [5, 5.41) is 11.4. The molecule has 1 fully saturated rings. The third kappa shape index (κ3) is 4.52. The van der Waals surface area contributed by atoms with E-state index in [1.54, 1.807) is 49.6 Å². The maximum absolute atomic E-state index is 13.4. The summed E-state index contributed by atoms with van der Waals surface area (Å²) in [6.45, 7) is 4.16. The lowest BCUT2D eigenvalue weighted by Crippen LogP contribution is -2.29. The third-order valence-electron chi connectivity index (χ3n) is 6.27. The highest BCUT2D eigenvalue weighted by molar-refractivity contribution is 6.51. The minimum Gasteiger partial charge on any atom is -0.507 e. The van der Waals surface area contributed by atoms with E-state index in [2.05, 4.69) is 0 Å². The molecule has 0 radical (unpaired) electrons. The Morgan fingerprint density at radius 2 is 1.72 bits per heavy atom. The predicted octanol–water partition coefficient (Wildman–Crippen LogP) is 5.09. The first-order valence-electron chi connectivity index (χ1n) is 11.7. The molecule has 1 aliphatic heterocycles. The number of methoxy groups -OCH3 is 1. The van der Waals surface area contributed by atoms with Gasteiger partial charge >= 0.3 is 0 Å². The van der Waals surface area contributed by atoms with Crippen LogP contribution in [0.2, 0.25) is 0 Å². The van der Waals surface area contributed by atoms with E-state index in [4.69, 9.17) is 9.47 Å². The van der Waals surface area contributed by atoms with Crippen LogP contribution in [0.5, 0.6) is 11.5 Å². The molecule has 4 rings (SSSR count). The first-order chi connectivity index (χ1) is 17.3. The molecule has 7 nitrogen and oxygen atoms in total. The van der Waals surface area contributed by atoms with Gasteiger partial charge in [0.2, 0.25) is 0 Å². The maximum atomic E-state index is 13.4. The Morgan fingerprint density at radius 3 is 2.33 bits per heavy atom. The van der Waals surface area contributed by atoms with Crippen LogP contribution in [0.15, 0.2) is 72.3 Å². The molecule has 1 unspecified atom stereocenters. The van der Waals surface area contributed by atoms with Crippen molar-refractivity contribution < 1.29 is 24.2 Å². The largest absolute Gasteiger partial charge is 0.507 e. The normalized spacial score (nSPS) is 16.8. The zero-order chi connectivity index (χ0) is 26.0. The number of aryl methyl sites for hydroxylation is 1. The third-order valence-corrected chi connectivity index (χ3v) is 6.27. The predicted molar refractivity (Wildman–Crippen MR) is 141 cm³/mol. The Bertz CT molecular complexity index is 1330. The number of carbonyl (C=O) groups excluding carboxylic acids is 2.